The first-order valence-corrected chi connectivity index (χ1v) is 11.5. The normalized spacial score (nSPS) is 14.4. The Morgan fingerprint density at radius 1 is 0.969 bits per heavy atom. The summed E-state index contributed by atoms with van der Waals surface area (Å²) in [6.45, 7) is 5.09. The number of carbonyl (C=O) groups is 2. The fourth-order valence-electron chi connectivity index (χ4n) is 3.63. The second-order valence-corrected chi connectivity index (χ2v) is 9.01. The van der Waals surface area contributed by atoms with Gasteiger partial charge in [0.1, 0.15) is 0 Å². The van der Waals surface area contributed by atoms with Gasteiger partial charge >= 0.3 is 0 Å². The van der Waals surface area contributed by atoms with E-state index in [2.05, 4.69) is 36.5 Å². The molecule has 0 radical (unpaired) electrons. The minimum Gasteiger partial charge on any atom is -0.352 e. The molecule has 1 N–H and O–H groups in total. The zero-order valence-corrected chi connectivity index (χ0v) is 19.1. The molecule has 4 nitrogen and oxygen atoms in total. The van der Waals surface area contributed by atoms with Crippen LogP contribution in [0.5, 0.6) is 0 Å². The van der Waals surface area contributed by atoms with E-state index in [1.807, 2.05) is 55.5 Å². The first-order valence-electron chi connectivity index (χ1n) is 10.7. The lowest BCUT2D eigenvalue weighted by atomic mass is 10.1. The highest BCUT2D eigenvalue weighted by molar-refractivity contribution is 8.04. The van der Waals surface area contributed by atoms with Crippen molar-refractivity contribution >= 4 is 29.3 Å². The van der Waals surface area contributed by atoms with Crippen molar-refractivity contribution < 1.29 is 9.59 Å². The molecular formula is C27H26N2O2S. The van der Waals surface area contributed by atoms with E-state index in [9.17, 15) is 9.59 Å². The molecular weight excluding hydrogens is 416 g/mol. The molecule has 32 heavy (non-hydrogen) atoms. The Morgan fingerprint density at radius 3 is 2.47 bits per heavy atom. The van der Waals surface area contributed by atoms with Gasteiger partial charge in [-0.05, 0) is 49.1 Å². The van der Waals surface area contributed by atoms with Crippen molar-refractivity contribution in [1.29, 1.82) is 0 Å². The second-order valence-electron chi connectivity index (χ2n) is 7.92. The lowest BCUT2D eigenvalue weighted by Crippen LogP contribution is -2.35. The minimum atomic E-state index is -0.247. The minimum absolute atomic E-state index is 0.148. The Morgan fingerprint density at radius 2 is 1.69 bits per heavy atom. The van der Waals surface area contributed by atoms with Crippen LogP contribution >= 0.6 is 11.8 Å². The van der Waals surface area contributed by atoms with Crippen LogP contribution in [0, 0.1) is 13.8 Å². The highest BCUT2D eigenvalue weighted by Crippen LogP contribution is 2.41. The molecule has 3 aromatic rings. The maximum Gasteiger partial charge on any atom is 0.265 e. The fourth-order valence-corrected chi connectivity index (χ4v) is 4.66. The molecule has 3 aromatic carbocycles. The molecule has 162 valence electrons. The van der Waals surface area contributed by atoms with Gasteiger partial charge in [-0.1, -0.05) is 78.0 Å². The number of anilines is 1. The van der Waals surface area contributed by atoms with Gasteiger partial charge in [-0.15, -0.1) is 0 Å². The van der Waals surface area contributed by atoms with E-state index in [0.29, 0.717) is 18.0 Å². The third-order valence-electron chi connectivity index (χ3n) is 5.52. The molecule has 5 heteroatoms. The quantitative estimate of drug-likeness (QED) is 0.535. The lowest BCUT2D eigenvalue weighted by molar-refractivity contribution is -0.118. The highest BCUT2D eigenvalue weighted by Gasteiger charge is 2.29. The fraction of sp³-hybridized carbons (Fsp3) is 0.185. The van der Waals surface area contributed by atoms with E-state index in [0.717, 1.165) is 28.1 Å². The lowest BCUT2D eigenvalue weighted by Gasteiger charge is -2.30. The Labute approximate surface area is 193 Å². The van der Waals surface area contributed by atoms with Crippen molar-refractivity contribution in [1.82, 2.24) is 5.32 Å². The van der Waals surface area contributed by atoms with Crippen LogP contribution in [0.4, 0.5) is 5.69 Å². The number of nitrogens with zero attached hydrogens (tertiary/aromatic N) is 1. The summed E-state index contributed by atoms with van der Waals surface area (Å²) < 4.78 is 0. The number of hydrogen-bond donors (Lipinski definition) is 1. The SMILES string of the molecule is Cc1ccc(CCNC(=O)/C=C2\Sc3ccccc3N(Cc3ccccc3C)C2=O)cc1. The molecule has 1 heterocycles. The number of aryl methyl sites for hydroxylation is 2. The molecule has 4 rings (SSSR count). The zero-order chi connectivity index (χ0) is 22.5. The Balaban J connectivity index is 1.49. The van der Waals surface area contributed by atoms with Crippen LogP contribution in [-0.2, 0) is 22.6 Å². The van der Waals surface area contributed by atoms with Gasteiger partial charge in [-0.2, -0.15) is 0 Å². The number of thioether (sulfide) groups is 1. The summed E-state index contributed by atoms with van der Waals surface area (Å²) in [5.74, 6) is -0.395. The van der Waals surface area contributed by atoms with Gasteiger partial charge in [0.2, 0.25) is 5.91 Å². The van der Waals surface area contributed by atoms with Crippen LogP contribution < -0.4 is 10.2 Å². The molecule has 0 aromatic heterocycles. The molecule has 0 fully saturated rings. The van der Waals surface area contributed by atoms with Gasteiger partial charge in [0.25, 0.3) is 5.91 Å². The van der Waals surface area contributed by atoms with Crippen LogP contribution in [0.15, 0.2) is 88.7 Å². The molecule has 0 unspecified atom stereocenters. The van der Waals surface area contributed by atoms with Crippen LogP contribution in [0.25, 0.3) is 0 Å². The van der Waals surface area contributed by atoms with Gasteiger partial charge in [-0.25, -0.2) is 0 Å². The standard InChI is InChI=1S/C27H26N2O2S/c1-19-11-13-21(14-12-19)15-16-28-26(30)17-25-27(31)29(18-22-8-4-3-7-20(22)2)23-9-5-6-10-24(23)32-25/h3-14,17H,15-16,18H2,1-2H3,(H,28,30)/b25-17-. The number of hydrogen-bond acceptors (Lipinski definition) is 3. The average Bonchev–Trinajstić information content (AvgIpc) is 2.79. The summed E-state index contributed by atoms with van der Waals surface area (Å²) in [6.07, 6.45) is 2.18. The van der Waals surface area contributed by atoms with Crippen LogP contribution in [0.1, 0.15) is 22.3 Å². The number of amides is 2. The van der Waals surface area contributed by atoms with E-state index in [4.69, 9.17) is 0 Å². The topological polar surface area (TPSA) is 49.4 Å². The Bertz CT molecular complexity index is 1170. The molecule has 2 amide bonds. The van der Waals surface area contributed by atoms with Crippen molar-refractivity contribution in [3.05, 3.63) is 106 Å². The maximum atomic E-state index is 13.3. The van der Waals surface area contributed by atoms with E-state index in [1.165, 1.54) is 29.0 Å². The third kappa shape index (κ3) is 5.11. The number of nitrogens with one attached hydrogen (secondary N) is 1. The summed E-state index contributed by atoms with van der Waals surface area (Å²) in [4.78, 5) is 29.1. The molecule has 0 atom stereocenters. The molecule has 0 saturated heterocycles. The Hall–Kier alpha value is -3.31. The first kappa shape index (κ1) is 21.9. The van der Waals surface area contributed by atoms with E-state index < -0.39 is 0 Å². The summed E-state index contributed by atoms with van der Waals surface area (Å²) in [5.41, 5.74) is 5.48. The van der Waals surface area contributed by atoms with Gasteiger partial charge in [-0.3, -0.25) is 9.59 Å². The molecule has 1 aliphatic rings. The summed E-state index contributed by atoms with van der Waals surface area (Å²) >= 11 is 1.35. The largest absolute Gasteiger partial charge is 0.352 e. The van der Waals surface area contributed by atoms with Gasteiger partial charge in [0.15, 0.2) is 0 Å². The van der Waals surface area contributed by atoms with Crippen LogP contribution in [-0.4, -0.2) is 18.4 Å². The van der Waals surface area contributed by atoms with Crippen molar-refractivity contribution in [3.8, 4) is 0 Å². The molecule has 0 bridgehead atoms. The third-order valence-corrected chi connectivity index (χ3v) is 6.59. The molecule has 0 spiro atoms. The van der Waals surface area contributed by atoms with Gasteiger partial charge in [0.05, 0.1) is 17.1 Å². The van der Waals surface area contributed by atoms with E-state index in [-0.39, 0.29) is 11.8 Å². The second kappa shape index (κ2) is 9.88. The number of rotatable bonds is 6. The monoisotopic (exact) mass is 442 g/mol. The first-order chi connectivity index (χ1) is 15.5. The predicted molar refractivity (Wildman–Crippen MR) is 131 cm³/mol. The summed E-state index contributed by atoms with van der Waals surface area (Å²) in [5, 5.41) is 2.91. The summed E-state index contributed by atoms with van der Waals surface area (Å²) in [7, 11) is 0. The zero-order valence-electron chi connectivity index (χ0n) is 18.3. The molecule has 1 aliphatic heterocycles. The van der Waals surface area contributed by atoms with Gasteiger partial charge in [0, 0.05) is 17.5 Å². The van der Waals surface area contributed by atoms with Crippen molar-refractivity contribution in [2.45, 2.75) is 31.7 Å². The predicted octanol–water partition coefficient (Wildman–Crippen LogP) is 5.19. The van der Waals surface area contributed by atoms with Crippen molar-refractivity contribution in [2.75, 3.05) is 11.4 Å². The summed E-state index contributed by atoms with van der Waals surface area (Å²) in [6, 6.07) is 24.2. The average molecular weight is 443 g/mol. The highest BCUT2D eigenvalue weighted by atomic mass is 32.2. The van der Waals surface area contributed by atoms with E-state index in [1.54, 1.807) is 4.90 Å². The maximum absolute atomic E-state index is 13.3. The number of benzene rings is 3. The number of para-hydroxylation sites is 1. The van der Waals surface area contributed by atoms with Crippen molar-refractivity contribution in [3.63, 3.8) is 0 Å². The van der Waals surface area contributed by atoms with Crippen LogP contribution in [0.3, 0.4) is 0 Å². The molecule has 0 aliphatic carbocycles. The number of carbonyl (C=O) groups excluding carboxylic acids is 2. The van der Waals surface area contributed by atoms with E-state index >= 15 is 0 Å². The van der Waals surface area contributed by atoms with Crippen LogP contribution in [0.2, 0.25) is 0 Å². The Kier molecular flexibility index (Phi) is 6.76. The van der Waals surface area contributed by atoms with Crippen molar-refractivity contribution in [2.24, 2.45) is 0 Å². The number of fused-ring (bicyclic) bond motifs is 1. The smallest absolute Gasteiger partial charge is 0.265 e. The molecule has 0 saturated carbocycles. The van der Waals surface area contributed by atoms with Gasteiger partial charge < -0.3 is 10.2 Å².